The molecule has 546 valence electrons. The van der Waals surface area contributed by atoms with Gasteiger partial charge in [0, 0.05) is 65.4 Å². The second-order valence-electron chi connectivity index (χ2n) is 22.3. The molecule has 12 aromatic carbocycles. The average molecular weight is 1530 g/mol. The Morgan fingerprint density at radius 1 is 0.223 bits per heavy atom. The number of hydrogen-bond acceptors (Lipinski definition) is 3. The van der Waals surface area contributed by atoms with E-state index in [4.69, 9.17) is 0 Å². The first-order chi connectivity index (χ1) is 48.8. The Balaban J connectivity index is -0.000000536. The molecule has 3 nitrogen and oxygen atoms in total. The molecule has 0 aliphatic carbocycles. The Labute approximate surface area is 680 Å². The van der Waals surface area contributed by atoms with Crippen LogP contribution < -0.4 is 0 Å². The Hall–Kier alpha value is -7.10. The molecule has 0 saturated carbocycles. The van der Waals surface area contributed by atoms with Gasteiger partial charge in [0.1, 0.15) is 17.5 Å². The summed E-state index contributed by atoms with van der Waals surface area (Å²) in [6, 6.07) is 89.8. The van der Waals surface area contributed by atoms with Crippen LogP contribution in [0.15, 0.2) is 218 Å². The molecular weight excluding hydrogens is 1400 g/mol. The van der Waals surface area contributed by atoms with E-state index in [9.17, 15) is 0 Å². The first-order valence-corrected chi connectivity index (χ1v) is 37.2. The summed E-state index contributed by atoms with van der Waals surface area (Å²) in [4.78, 5) is 12.0. The van der Waals surface area contributed by atoms with E-state index in [1.807, 2.05) is 144 Å². The van der Waals surface area contributed by atoms with Gasteiger partial charge in [-0.1, -0.05) is 306 Å². The minimum absolute atomic E-state index is 0. The van der Waals surface area contributed by atoms with Crippen LogP contribution in [0.5, 0.6) is 0 Å². The van der Waals surface area contributed by atoms with E-state index in [1.54, 1.807) is 0 Å². The molecule has 0 amide bonds. The van der Waals surface area contributed by atoms with Gasteiger partial charge in [-0.3, -0.25) is 0 Å². The van der Waals surface area contributed by atoms with Crippen molar-refractivity contribution in [1.29, 1.82) is 0 Å². The minimum Gasteiger partial charge on any atom is -0.226 e. The van der Waals surface area contributed by atoms with Gasteiger partial charge in [-0.05, 0) is 142 Å². The first-order valence-electron chi connectivity index (χ1n) is 37.2. The van der Waals surface area contributed by atoms with Gasteiger partial charge in [0.25, 0.3) is 0 Å². The van der Waals surface area contributed by atoms with Crippen LogP contribution in [0.25, 0.3) is 65.3 Å². The van der Waals surface area contributed by atoms with Gasteiger partial charge in [0.2, 0.25) is 0 Å². The van der Waals surface area contributed by atoms with Crippen molar-refractivity contribution in [2.45, 2.75) is 215 Å². The topological polar surface area (TPSA) is 38.7 Å². The number of fused-ring (bicyclic) bond motifs is 4. The molecule has 13 aromatic rings. The molecule has 0 aliphatic heterocycles. The number of hydrogen-bond donors (Lipinski definition) is 0. The number of aryl methyl sites for hydroxylation is 15. The molecule has 5 heteroatoms. The fourth-order valence-corrected chi connectivity index (χ4v) is 9.87. The van der Waals surface area contributed by atoms with Crippen molar-refractivity contribution in [3.8, 4) is 22.3 Å². The molecule has 0 saturated heterocycles. The summed E-state index contributed by atoms with van der Waals surface area (Å²) in [7, 11) is 0. The molecule has 1 aromatic heterocycles. The maximum Gasteiger partial charge on any atom is 0.129 e. The van der Waals surface area contributed by atoms with Gasteiger partial charge in [-0.2, -0.15) is 78.9 Å². The maximum absolute atomic E-state index is 4.01. The predicted molar refractivity (Wildman–Crippen MR) is 457 cm³/mol. The van der Waals surface area contributed by atoms with Gasteiger partial charge < -0.3 is 0 Å². The molecular formula is C98H129N3Y2-4. The second kappa shape index (κ2) is 61.2. The van der Waals surface area contributed by atoms with Crippen LogP contribution in [0.2, 0.25) is 0 Å². The molecule has 103 heavy (non-hydrogen) atoms. The first kappa shape index (κ1) is 102. The molecule has 0 atom stereocenters. The van der Waals surface area contributed by atoms with Crippen molar-refractivity contribution in [3.05, 3.63) is 327 Å². The second-order valence-corrected chi connectivity index (χ2v) is 22.3. The van der Waals surface area contributed by atoms with Crippen LogP contribution in [0, 0.1) is 128 Å². The standard InChI is InChI=1S/2C14H12.4C12H12.C6H9N3.8C2H6.2Y/c1-11-5-3-7-13(9-11)14-8-4-6-12(2)10-14;1-11-6-8-13(9-7-11)14-5-3-4-12(2)10-14;1-9-3-5-11-6-4-10(2)8-12(11)7-9;1-9-6-7-12-10(2)4-3-5-11(12)8-9;1-9-7-11-5-3-4-6-12(11)8-10(9)2;1-9-7-10(2)12-6-4-3-5-11(12)8-9;1-4-7-5(2)9-6(3)8-4;8*1-2;;/h3-8H,1-2H3;3-4,6-8,10H,1-2H3;4*3-8H,1-2H3;1-3H3;8*1-2H3;;/q2*-2;;;;;;;;;;;;;;;. The van der Waals surface area contributed by atoms with Gasteiger partial charge in [-0.15, -0.1) is 40.5 Å². The van der Waals surface area contributed by atoms with Crippen LogP contribution in [-0.4, -0.2) is 15.0 Å². The van der Waals surface area contributed by atoms with Crippen LogP contribution in [0.4, 0.5) is 0 Å². The summed E-state index contributed by atoms with van der Waals surface area (Å²) in [5, 5.41) is 10.7. The molecule has 0 unspecified atom stereocenters. The monoisotopic (exact) mass is 1530 g/mol. The zero-order chi connectivity index (χ0) is 77.0. The van der Waals surface area contributed by atoms with Gasteiger partial charge >= 0.3 is 0 Å². The molecule has 0 fully saturated rings. The van der Waals surface area contributed by atoms with Crippen molar-refractivity contribution in [2.24, 2.45) is 0 Å². The van der Waals surface area contributed by atoms with Gasteiger partial charge in [0.15, 0.2) is 0 Å². The third-order valence-electron chi connectivity index (χ3n) is 14.3. The molecule has 1 heterocycles. The van der Waals surface area contributed by atoms with E-state index in [-0.39, 0.29) is 65.4 Å². The molecule has 0 bridgehead atoms. The van der Waals surface area contributed by atoms with E-state index in [2.05, 4.69) is 329 Å². The molecule has 0 spiro atoms. The third kappa shape index (κ3) is 39.6. The normalized spacial score (nSPS) is 8.96. The summed E-state index contributed by atoms with van der Waals surface area (Å²) in [6.45, 7) is 63.0. The summed E-state index contributed by atoms with van der Waals surface area (Å²) < 4.78 is 0. The maximum atomic E-state index is 4.01. The fourth-order valence-electron chi connectivity index (χ4n) is 9.87. The van der Waals surface area contributed by atoms with Crippen molar-refractivity contribution in [2.75, 3.05) is 0 Å². The molecule has 0 N–H and O–H groups in total. The largest absolute Gasteiger partial charge is 0.226 e. The van der Waals surface area contributed by atoms with Crippen LogP contribution in [-0.2, 0) is 65.4 Å². The van der Waals surface area contributed by atoms with Crippen molar-refractivity contribution < 1.29 is 65.4 Å². The summed E-state index contributed by atoms with van der Waals surface area (Å²) in [5.41, 5.74) is 20.1. The van der Waals surface area contributed by atoms with E-state index < -0.39 is 0 Å². The Morgan fingerprint density at radius 3 is 1.02 bits per heavy atom. The van der Waals surface area contributed by atoms with E-state index in [0.717, 1.165) is 50.9 Å². The van der Waals surface area contributed by atoms with Crippen LogP contribution in [0.3, 0.4) is 0 Å². The van der Waals surface area contributed by atoms with Gasteiger partial charge in [0.05, 0.1) is 0 Å². The summed E-state index contributed by atoms with van der Waals surface area (Å²) >= 11 is 0. The summed E-state index contributed by atoms with van der Waals surface area (Å²) in [5.74, 6) is 2.38. The minimum atomic E-state index is 0. The van der Waals surface area contributed by atoms with Crippen molar-refractivity contribution in [3.63, 3.8) is 0 Å². The van der Waals surface area contributed by atoms with Gasteiger partial charge in [-0.25, -0.2) is 37.2 Å². The zero-order valence-electron chi connectivity index (χ0n) is 69.8. The number of aromatic nitrogens is 3. The van der Waals surface area contributed by atoms with Crippen molar-refractivity contribution >= 4 is 43.1 Å². The Bertz CT molecular complexity index is 4120. The predicted octanol–water partition coefficient (Wildman–Crippen LogP) is 30.0. The smallest absolute Gasteiger partial charge is 0.129 e. The van der Waals surface area contributed by atoms with E-state index in [1.165, 1.54) is 98.7 Å². The Morgan fingerprint density at radius 2 is 0.592 bits per heavy atom. The molecule has 0 aliphatic rings. The summed E-state index contributed by atoms with van der Waals surface area (Å²) in [6.07, 6.45) is 0. The molecule has 13 rings (SSSR count). The Kier molecular flexibility index (Phi) is 60.8. The zero-order valence-corrected chi connectivity index (χ0v) is 75.5. The fraction of sp³-hybridized carbons (Fsp3) is 0.316. The van der Waals surface area contributed by atoms with Crippen molar-refractivity contribution in [1.82, 2.24) is 15.0 Å². The third-order valence-corrected chi connectivity index (χ3v) is 14.3. The van der Waals surface area contributed by atoms with E-state index in [0.29, 0.717) is 0 Å². The number of rotatable bonds is 2. The molecule has 2 radical (unpaired) electrons. The number of nitrogens with zero attached hydrogens (tertiary/aromatic N) is 3. The van der Waals surface area contributed by atoms with E-state index >= 15 is 0 Å². The van der Waals surface area contributed by atoms with Crippen LogP contribution in [0.1, 0.15) is 195 Å². The average Bonchev–Trinajstić information content (AvgIpc) is 0.850. The number of benzene rings is 12. The quantitative estimate of drug-likeness (QED) is 0.162. The van der Waals surface area contributed by atoms with Crippen LogP contribution >= 0.6 is 0 Å². The SMILES string of the molecule is CC.CC.CC.CC.CC.CC.CC.CC.Cc1[c-]c(-c2[c-]c(C)ccc2)ccc1.Cc1c[c-]c(-c2[c-]ccc(C)c2)cc1.Cc1cc(C)c2ccccc2c1.Cc1cc2ccccc2cc1C.Cc1ccc2c(C)cccc2c1.Cc1ccc2ccc(C)cc2c1.Cc1nc(C)nc(C)n1.[Y].[Y].